The van der Waals surface area contributed by atoms with Crippen LogP contribution in [-0.4, -0.2) is 30.4 Å². The van der Waals surface area contributed by atoms with Gasteiger partial charge in [-0.05, 0) is 23.1 Å². The molecule has 0 aliphatic heterocycles. The Hall–Kier alpha value is -1.75. The van der Waals surface area contributed by atoms with Crippen LogP contribution in [0.5, 0.6) is 11.5 Å². The zero-order chi connectivity index (χ0) is 14.8. The van der Waals surface area contributed by atoms with Crippen molar-refractivity contribution in [1.82, 2.24) is 0 Å². The number of benzene rings is 1. The van der Waals surface area contributed by atoms with Gasteiger partial charge in [-0.3, -0.25) is 0 Å². The molecule has 0 spiro atoms. The standard InChI is InChI=1S/C14H20O5/c1-14(2,3)8-6-9(12(16)13(17)19-5)11(15)10(7-8)18-4/h6-7,12,15-16H,1-5H3. The van der Waals surface area contributed by atoms with Crippen LogP contribution < -0.4 is 4.74 Å². The van der Waals surface area contributed by atoms with Crippen molar-refractivity contribution in [3.8, 4) is 11.5 Å². The number of aliphatic hydroxyl groups is 1. The van der Waals surface area contributed by atoms with Crippen molar-refractivity contribution in [2.45, 2.75) is 32.3 Å². The summed E-state index contributed by atoms with van der Waals surface area (Å²) in [5.74, 6) is -0.873. The number of hydrogen-bond acceptors (Lipinski definition) is 5. The molecule has 0 aromatic heterocycles. The monoisotopic (exact) mass is 268 g/mol. The van der Waals surface area contributed by atoms with Crippen molar-refractivity contribution < 1.29 is 24.5 Å². The predicted molar refractivity (Wildman–Crippen MR) is 70.3 cm³/mol. The van der Waals surface area contributed by atoms with E-state index in [2.05, 4.69) is 4.74 Å². The molecule has 0 saturated heterocycles. The van der Waals surface area contributed by atoms with E-state index in [0.717, 1.165) is 5.56 Å². The number of phenolic OH excluding ortho intramolecular Hbond substituents is 1. The highest BCUT2D eigenvalue weighted by Crippen LogP contribution is 2.38. The molecule has 0 radical (unpaired) electrons. The Morgan fingerprint density at radius 2 is 1.84 bits per heavy atom. The summed E-state index contributed by atoms with van der Waals surface area (Å²) in [4.78, 5) is 11.4. The smallest absolute Gasteiger partial charge is 0.339 e. The molecule has 5 nitrogen and oxygen atoms in total. The largest absolute Gasteiger partial charge is 0.504 e. The third-order valence-electron chi connectivity index (χ3n) is 2.91. The second-order valence-electron chi connectivity index (χ2n) is 5.29. The minimum Gasteiger partial charge on any atom is -0.504 e. The molecule has 1 aromatic carbocycles. The van der Waals surface area contributed by atoms with E-state index >= 15 is 0 Å². The van der Waals surface area contributed by atoms with Gasteiger partial charge in [0.2, 0.25) is 0 Å². The van der Waals surface area contributed by atoms with Crippen molar-refractivity contribution >= 4 is 5.97 Å². The molecule has 2 N–H and O–H groups in total. The van der Waals surface area contributed by atoms with Gasteiger partial charge in [0.1, 0.15) is 0 Å². The Morgan fingerprint density at radius 3 is 2.26 bits per heavy atom. The summed E-state index contributed by atoms with van der Waals surface area (Å²) in [6.45, 7) is 5.94. The third-order valence-corrected chi connectivity index (χ3v) is 2.91. The summed E-state index contributed by atoms with van der Waals surface area (Å²) in [5.41, 5.74) is 0.696. The normalized spacial score (nSPS) is 12.9. The van der Waals surface area contributed by atoms with E-state index in [-0.39, 0.29) is 22.5 Å². The fraction of sp³-hybridized carbons (Fsp3) is 0.500. The molecule has 0 amide bonds. The first kappa shape index (κ1) is 15.3. The maximum Gasteiger partial charge on any atom is 0.339 e. The molecule has 106 valence electrons. The molecule has 0 aliphatic rings. The number of methoxy groups -OCH3 is 2. The van der Waals surface area contributed by atoms with Crippen LogP contribution in [0.15, 0.2) is 12.1 Å². The van der Waals surface area contributed by atoms with Gasteiger partial charge in [-0.15, -0.1) is 0 Å². The van der Waals surface area contributed by atoms with Crippen molar-refractivity contribution in [2.24, 2.45) is 0 Å². The van der Waals surface area contributed by atoms with Crippen LogP contribution in [0.25, 0.3) is 0 Å². The van der Waals surface area contributed by atoms with Gasteiger partial charge >= 0.3 is 5.97 Å². The molecule has 1 aromatic rings. The fourth-order valence-corrected chi connectivity index (χ4v) is 1.67. The number of ether oxygens (including phenoxy) is 2. The van der Waals surface area contributed by atoms with Crippen molar-refractivity contribution in [2.75, 3.05) is 14.2 Å². The number of aliphatic hydroxyl groups excluding tert-OH is 1. The molecule has 0 saturated carbocycles. The van der Waals surface area contributed by atoms with Gasteiger partial charge in [0.15, 0.2) is 17.6 Å². The van der Waals surface area contributed by atoms with Gasteiger partial charge in [0.25, 0.3) is 0 Å². The summed E-state index contributed by atoms with van der Waals surface area (Å²) in [5, 5.41) is 19.9. The maximum atomic E-state index is 11.4. The average molecular weight is 268 g/mol. The fourth-order valence-electron chi connectivity index (χ4n) is 1.67. The first-order valence-electron chi connectivity index (χ1n) is 5.89. The van der Waals surface area contributed by atoms with Crippen LogP contribution in [0.2, 0.25) is 0 Å². The van der Waals surface area contributed by atoms with E-state index in [0.29, 0.717) is 0 Å². The summed E-state index contributed by atoms with van der Waals surface area (Å²) >= 11 is 0. The van der Waals surface area contributed by atoms with E-state index in [1.54, 1.807) is 12.1 Å². The number of carbonyl (C=O) groups is 1. The third kappa shape index (κ3) is 3.17. The van der Waals surface area contributed by atoms with Crippen molar-refractivity contribution in [3.05, 3.63) is 23.3 Å². The Kier molecular flexibility index (Phi) is 4.42. The van der Waals surface area contributed by atoms with E-state index < -0.39 is 12.1 Å². The van der Waals surface area contributed by atoms with Gasteiger partial charge in [0.05, 0.1) is 14.2 Å². The zero-order valence-corrected chi connectivity index (χ0v) is 11.9. The molecule has 5 heteroatoms. The number of aromatic hydroxyl groups is 1. The molecular formula is C14H20O5. The van der Waals surface area contributed by atoms with Crippen LogP contribution in [0.3, 0.4) is 0 Å². The molecule has 0 fully saturated rings. The minimum absolute atomic E-state index is 0.0797. The molecule has 0 heterocycles. The second-order valence-corrected chi connectivity index (χ2v) is 5.29. The lowest BCUT2D eigenvalue weighted by Gasteiger charge is -2.23. The van der Waals surface area contributed by atoms with E-state index in [1.165, 1.54) is 14.2 Å². The quantitative estimate of drug-likeness (QED) is 0.819. The van der Waals surface area contributed by atoms with Gasteiger partial charge in [-0.1, -0.05) is 20.8 Å². The first-order chi connectivity index (χ1) is 8.72. The zero-order valence-electron chi connectivity index (χ0n) is 11.9. The number of carbonyl (C=O) groups excluding carboxylic acids is 1. The maximum absolute atomic E-state index is 11.4. The molecule has 1 unspecified atom stereocenters. The van der Waals surface area contributed by atoms with Gasteiger partial charge in [0, 0.05) is 5.56 Å². The first-order valence-corrected chi connectivity index (χ1v) is 5.89. The Bertz CT molecular complexity index is 473. The summed E-state index contributed by atoms with van der Waals surface area (Å²) in [6, 6.07) is 3.27. The Balaban J connectivity index is 3.42. The van der Waals surface area contributed by atoms with Crippen LogP contribution in [-0.2, 0) is 14.9 Å². The summed E-state index contributed by atoms with van der Waals surface area (Å²) in [7, 11) is 2.59. The van der Waals surface area contributed by atoms with Crippen LogP contribution in [0.1, 0.15) is 38.0 Å². The van der Waals surface area contributed by atoms with Gasteiger partial charge in [-0.2, -0.15) is 0 Å². The Labute approximate surface area is 112 Å². The Morgan fingerprint density at radius 1 is 1.26 bits per heavy atom. The van der Waals surface area contributed by atoms with E-state index in [9.17, 15) is 15.0 Å². The topological polar surface area (TPSA) is 76.0 Å². The van der Waals surface area contributed by atoms with Crippen LogP contribution in [0, 0.1) is 0 Å². The van der Waals surface area contributed by atoms with E-state index in [1.807, 2.05) is 20.8 Å². The van der Waals surface area contributed by atoms with Gasteiger partial charge < -0.3 is 19.7 Å². The number of rotatable bonds is 3. The predicted octanol–water partition coefficient (Wildman–Crippen LogP) is 1.90. The highest BCUT2D eigenvalue weighted by Gasteiger charge is 2.26. The lowest BCUT2D eigenvalue weighted by Crippen LogP contribution is -2.17. The lowest BCUT2D eigenvalue weighted by atomic mass is 9.85. The lowest BCUT2D eigenvalue weighted by molar-refractivity contribution is -0.150. The number of phenols is 1. The molecule has 1 rings (SSSR count). The minimum atomic E-state index is -1.54. The van der Waals surface area contributed by atoms with Gasteiger partial charge in [-0.25, -0.2) is 4.79 Å². The molecule has 0 aliphatic carbocycles. The van der Waals surface area contributed by atoms with E-state index in [4.69, 9.17) is 4.74 Å². The van der Waals surface area contributed by atoms with Crippen LogP contribution >= 0.6 is 0 Å². The molecule has 19 heavy (non-hydrogen) atoms. The average Bonchev–Trinajstić information content (AvgIpc) is 2.35. The summed E-state index contributed by atoms with van der Waals surface area (Å²) < 4.78 is 9.55. The number of esters is 1. The van der Waals surface area contributed by atoms with Crippen molar-refractivity contribution in [1.29, 1.82) is 0 Å². The summed E-state index contributed by atoms with van der Waals surface area (Å²) in [6.07, 6.45) is -1.54. The number of hydrogen-bond donors (Lipinski definition) is 2. The van der Waals surface area contributed by atoms with Crippen molar-refractivity contribution in [3.63, 3.8) is 0 Å². The molecule has 1 atom stereocenters. The van der Waals surface area contributed by atoms with Crippen LogP contribution in [0.4, 0.5) is 0 Å². The second kappa shape index (κ2) is 5.48. The molecular weight excluding hydrogens is 248 g/mol. The highest BCUT2D eigenvalue weighted by molar-refractivity contribution is 5.78. The molecule has 0 bridgehead atoms. The highest BCUT2D eigenvalue weighted by atomic mass is 16.5. The SMILES string of the molecule is COC(=O)C(O)c1cc(C(C)(C)C)cc(OC)c1O.